The third kappa shape index (κ3) is 4.28. The summed E-state index contributed by atoms with van der Waals surface area (Å²) in [6, 6.07) is 0. The van der Waals surface area contributed by atoms with E-state index in [2.05, 4.69) is 5.32 Å². The van der Waals surface area contributed by atoms with Crippen molar-refractivity contribution < 1.29 is 4.79 Å². The third-order valence-electron chi connectivity index (χ3n) is 1.59. The minimum Gasteiger partial charge on any atom is -0.393 e. The molecular weight excluding hydrogens is 172 g/mol. The Morgan fingerprint density at radius 3 is 2.33 bits per heavy atom. The molecule has 0 radical (unpaired) electrons. The van der Waals surface area contributed by atoms with Crippen LogP contribution in [0.2, 0.25) is 0 Å². The molecule has 0 aromatic heterocycles. The Hall–Kier alpha value is -0.640. The van der Waals surface area contributed by atoms with E-state index in [0.29, 0.717) is 11.5 Å². The number of carbonyl (C=O) groups excluding carboxylic acids is 1. The summed E-state index contributed by atoms with van der Waals surface area (Å²) in [5, 5.41) is 2.76. The van der Waals surface area contributed by atoms with Gasteiger partial charge in [0.2, 0.25) is 5.91 Å². The molecule has 0 aromatic carbocycles. The summed E-state index contributed by atoms with van der Waals surface area (Å²) in [6.45, 7) is 6.12. The molecule has 4 heteroatoms. The van der Waals surface area contributed by atoms with Crippen molar-refractivity contribution in [1.29, 1.82) is 0 Å². The molecule has 1 unspecified atom stereocenters. The number of hydrogen-bond donors (Lipinski definition) is 2. The summed E-state index contributed by atoms with van der Waals surface area (Å²) in [5.41, 5.74) is 5.38. The lowest BCUT2D eigenvalue weighted by Gasteiger charge is -2.12. The number of thiocarbonyl (C=S) groups is 1. The number of nitrogens with two attached hydrogens (primary N) is 1. The first-order valence-corrected chi connectivity index (χ1v) is 4.43. The molecule has 0 bridgehead atoms. The number of hydrogen-bond acceptors (Lipinski definition) is 2. The van der Waals surface area contributed by atoms with E-state index >= 15 is 0 Å². The van der Waals surface area contributed by atoms with Crippen LogP contribution in [0.15, 0.2) is 0 Å². The van der Waals surface area contributed by atoms with Crippen molar-refractivity contribution in [3.63, 3.8) is 0 Å². The predicted molar refractivity (Wildman–Crippen MR) is 53.8 cm³/mol. The summed E-state index contributed by atoms with van der Waals surface area (Å²) in [6.07, 6.45) is 0. The van der Waals surface area contributed by atoms with Crippen molar-refractivity contribution >= 4 is 23.1 Å². The van der Waals surface area contributed by atoms with E-state index in [4.69, 9.17) is 18.0 Å². The van der Waals surface area contributed by atoms with Crippen LogP contribution in [-0.2, 0) is 4.79 Å². The van der Waals surface area contributed by atoms with E-state index in [1.54, 1.807) is 0 Å². The van der Waals surface area contributed by atoms with Crippen molar-refractivity contribution in [1.82, 2.24) is 5.32 Å². The fourth-order valence-electron chi connectivity index (χ4n) is 0.558. The van der Waals surface area contributed by atoms with Gasteiger partial charge in [0, 0.05) is 18.4 Å². The van der Waals surface area contributed by atoms with Crippen molar-refractivity contribution in [3.8, 4) is 0 Å². The van der Waals surface area contributed by atoms with Crippen LogP contribution in [0.25, 0.3) is 0 Å². The van der Waals surface area contributed by atoms with Crippen molar-refractivity contribution in [2.24, 2.45) is 17.6 Å². The normalized spacial score (nSPS) is 12.7. The highest BCUT2D eigenvalue weighted by atomic mass is 32.1. The lowest BCUT2D eigenvalue weighted by Crippen LogP contribution is -2.35. The van der Waals surface area contributed by atoms with E-state index in [-0.39, 0.29) is 17.7 Å². The molecule has 0 aliphatic carbocycles. The van der Waals surface area contributed by atoms with Crippen molar-refractivity contribution in [2.45, 2.75) is 20.8 Å². The molecule has 0 heterocycles. The summed E-state index contributed by atoms with van der Waals surface area (Å²) in [7, 11) is 0. The molecule has 3 nitrogen and oxygen atoms in total. The fourth-order valence-corrected chi connectivity index (χ4v) is 0.642. The van der Waals surface area contributed by atoms with Gasteiger partial charge in [0.05, 0.1) is 4.99 Å². The van der Waals surface area contributed by atoms with Gasteiger partial charge in [-0.15, -0.1) is 0 Å². The zero-order valence-corrected chi connectivity index (χ0v) is 8.57. The Balaban J connectivity index is 3.69. The Morgan fingerprint density at radius 2 is 2.00 bits per heavy atom. The van der Waals surface area contributed by atoms with Gasteiger partial charge in [-0.3, -0.25) is 4.79 Å². The van der Waals surface area contributed by atoms with Gasteiger partial charge in [0.1, 0.15) is 0 Å². The van der Waals surface area contributed by atoms with Crippen molar-refractivity contribution in [2.75, 3.05) is 6.54 Å². The van der Waals surface area contributed by atoms with Crippen LogP contribution in [0.3, 0.4) is 0 Å². The van der Waals surface area contributed by atoms with Crippen LogP contribution in [0.4, 0.5) is 0 Å². The number of carbonyl (C=O) groups is 1. The lowest BCUT2D eigenvalue weighted by atomic mass is 10.1. The Morgan fingerprint density at radius 1 is 1.50 bits per heavy atom. The van der Waals surface area contributed by atoms with Crippen LogP contribution < -0.4 is 11.1 Å². The lowest BCUT2D eigenvalue weighted by molar-refractivity contribution is -0.124. The summed E-state index contributed by atoms with van der Waals surface area (Å²) >= 11 is 4.76. The third-order valence-corrected chi connectivity index (χ3v) is 1.99. The first-order valence-electron chi connectivity index (χ1n) is 4.02. The van der Waals surface area contributed by atoms with Crippen LogP contribution >= 0.6 is 12.2 Å². The second-order valence-corrected chi connectivity index (χ2v) is 3.67. The second-order valence-electron chi connectivity index (χ2n) is 3.20. The quantitative estimate of drug-likeness (QED) is 0.638. The molecule has 0 rings (SSSR count). The second kappa shape index (κ2) is 5.09. The largest absolute Gasteiger partial charge is 0.393 e. The topological polar surface area (TPSA) is 55.1 Å². The van der Waals surface area contributed by atoms with Crippen LogP contribution in [0.1, 0.15) is 20.8 Å². The Bertz CT molecular complexity index is 180. The van der Waals surface area contributed by atoms with Crippen LogP contribution in [-0.4, -0.2) is 17.4 Å². The molecule has 0 saturated heterocycles. The molecule has 3 N–H and O–H groups in total. The van der Waals surface area contributed by atoms with Gasteiger partial charge in [-0.05, 0) is 0 Å². The molecule has 0 aliphatic heterocycles. The number of nitrogens with one attached hydrogen (secondary N) is 1. The summed E-state index contributed by atoms with van der Waals surface area (Å²) < 4.78 is 0. The number of rotatable bonds is 4. The van der Waals surface area contributed by atoms with Gasteiger partial charge in [-0.1, -0.05) is 33.0 Å². The van der Waals surface area contributed by atoms with E-state index in [1.165, 1.54) is 0 Å². The highest BCUT2D eigenvalue weighted by molar-refractivity contribution is 7.80. The smallest absolute Gasteiger partial charge is 0.222 e. The standard InChI is InChI=1S/C8H16N2OS/c1-5(2)8(11)10-4-6(3)7(9)12/h5-6H,4H2,1-3H3,(H2,9,12)(H,10,11). The highest BCUT2D eigenvalue weighted by Gasteiger charge is 2.09. The first kappa shape index (κ1) is 11.4. The number of amides is 1. The van der Waals surface area contributed by atoms with E-state index < -0.39 is 0 Å². The molecule has 12 heavy (non-hydrogen) atoms. The van der Waals surface area contributed by atoms with E-state index in [9.17, 15) is 4.79 Å². The average molecular weight is 188 g/mol. The van der Waals surface area contributed by atoms with Gasteiger partial charge < -0.3 is 11.1 Å². The maximum Gasteiger partial charge on any atom is 0.222 e. The Kier molecular flexibility index (Phi) is 4.81. The molecule has 1 atom stereocenters. The van der Waals surface area contributed by atoms with E-state index in [1.807, 2.05) is 20.8 Å². The zero-order valence-electron chi connectivity index (χ0n) is 7.76. The molecule has 0 spiro atoms. The minimum atomic E-state index is 0.0172. The summed E-state index contributed by atoms with van der Waals surface area (Å²) in [5.74, 6) is 0.129. The molecular formula is C8H16N2OS. The van der Waals surface area contributed by atoms with Gasteiger partial charge in [-0.2, -0.15) is 0 Å². The first-order chi connectivity index (χ1) is 5.45. The fraction of sp³-hybridized carbons (Fsp3) is 0.750. The van der Waals surface area contributed by atoms with Gasteiger partial charge >= 0.3 is 0 Å². The zero-order chi connectivity index (χ0) is 9.72. The van der Waals surface area contributed by atoms with Crippen LogP contribution in [0, 0.1) is 11.8 Å². The van der Waals surface area contributed by atoms with Crippen molar-refractivity contribution in [3.05, 3.63) is 0 Å². The molecule has 1 amide bonds. The molecule has 0 fully saturated rings. The maximum absolute atomic E-state index is 11.1. The summed E-state index contributed by atoms with van der Waals surface area (Å²) in [4.78, 5) is 11.5. The van der Waals surface area contributed by atoms with Gasteiger partial charge in [0.15, 0.2) is 0 Å². The monoisotopic (exact) mass is 188 g/mol. The maximum atomic E-state index is 11.1. The minimum absolute atomic E-state index is 0.0172. The average Bonchev–Trinajstić information content (AvgIpc) is 1.98. The molecule has 0 aromatic rings. The molecule has 0 saturated carbocycles. The Labute approximate surface area is 78.7 Å². The molecule has 70 valence electrons. The SMILES string of the molecule is CC(C)C(=O)NCC(C)C(N)=S. The predicted octanol–water partition coefficient (Wildman–Crippen LogP) is 0.681. The van der Waals surface area contributed by atoms with Gasteiger partial charge in [0.25, 0.3) is 0 Å². The highest BCUT2D eigenvalue weighted by Crippen LogP contribution is 1.95. The van der Waals surface area contributed by atoms with Gasteiger partial charge in [-0.25, -0.2) is 0 Å². The van der Waals surface area contributed by atoms with E-state index in [0.717, 1.165) is 0 Å². The van der Waals surface area contributed by atoms with Crippen LogP contribution in [0.5, 0.6) is 0 Å². The molecule has 0 aliphatic rings.